The van der Waals surface area contributed by atoms with Crippen LogP contribution in [0.2, 0.25) is 0 Å². The first kappa shape index (κ1) is 24.8. The van der Waals surface area contributed by atoms with Gasteiger partial charge in [0, 0.05) is 45.5 Å². The highest BCUT2D eigenvalue weighted by atomic mass is 19.1. The molecule has 0 aliphatic carbocycles. The molecular formula is C27H32FN5O2. The van der Waals surface area contributed by atoms with Gasteiger partial charge in [-0.15, -0.1) is 0 Å². The monoisotopic (exact) mass is 477 g/mol. The van der Waals surface area contributed by atoms with Crippen LogP contribution in [0.5, 0.6) is 6.01 Å². The molecule has 4 rings (SSSR count). The molecule has 1 amide bonds. The van der Waals surface area contributed by atoms with Gasteiger partial charge in [-0.1, -0.05) is 54.1 Å². The summed E-state index contributed by atoms with van der Waals surface area (Å²) in [5.74, 6) is -0.690. The molecule has 0 saturated carbocycles. The van der Waals surface area contributed by atoms with Crippen LogP contribution >= 0.6 is 0 Å². The van der Waals surface area contributed by atoms with E-state index in [2.05, 4.69) is 38.2 Å². The summed E-state index contributed by atoms with van der Waals surface area (Å²) >= 11 is 0. The molecule has 1 aliphatic heterocycles. The zero-order chi connectivity index (χ0) is 24.6. The number of nitrogens with one attached hydrogen (secondary N) is 1. The Morgan fingerprint density at radius 2 is 1.86 bits per heavy atom. The van der Waals surface area contributed by atoms with Crippen molar-refractivity contribution in [2.24, 2.45) is 0 Å². The van der Waals surface area contributed by atoms with E-state index in [1.54, 1.807) is 12.1 Å². The molecule has 0 atom stereocenters. The van der Waals surface area contributed by atoms with Crippen LogP contribution in [0.25, 0.3) is 11.1 Å². The molecule has 1 aliphatic rings. The van der Waals surface area contributed by atoms with Crippen molar-refractivity contribution in [3.63, 3.8) is 0 Å². The maximum Gasteiger partial charge on any atom is 0.319 e. The molecule has 0 bridgehead atoms. The summed E-state index contributed by atoms with van der Waals surface area (Å²) in [7, 11) is 2.12. The van der Waals surface area contributed by atoms with Crippen LogP contribution in [-0.2, 0) is 17.8 Å². The molecular weight excluding hydrogens is 445 g/mol. The molecule has 8 heteroatoms. The second-order valence-corrected chi connectivity index (χ2v) is 8.99. The first-order valence-electron chi connectivity index (χ1n) is 11.9. The van der Waals surface area contributed by atoms with Crippen LogP contribution in [0.3, 0.4) is 0 Å². The molecule has 1 fully saturated rings. The molecule has 3 aromatic rings. The number of aromatic nitrogens is 2. The van der Waals surface area contributed by atoms with Gasteiger partial charge in [0.1, 0.15) is 6.61 Å². The van der Waals surface area contributed by atoms with Crippen molar-refractivity contribution in [2.45, 2.75) is 19.9 Å². The van der Waals surface area contributed by atoms with Gasteiger partial charge in [-0.25, -0.2) is 4.98 Å². The molecule has 0 spiro atoms. The molecule has 0 radical (unpaired) electrons. The van der Waals surface area contributed by atoms with Gasteiger partial charge < -0.3 is 15.0 Å². The number of nitrogens with zero attached hydrogens (tertiary/aromatic N) is 4. The average Bonchev–Trinajstić information content (AvgIpc) is 2.85. The zero-order valence-electron chi connectivity index (χ0n) is 20.3. The summed E-state index contributed by atoms with van der Waals surface area (Å²) in [5.41, 5.74) is 4.02. The summed E-state index contributed by atoms with van der Waals surface area (Å²) in [5, 5.41) is 2.94. The van der Waals surface area contributed by atoms with Crippen LogP contribution in [0.4, 0.5) is 4.39 Å². The maximum absolute atomic E-state index is 14.7. The number of halogens is 1. The molecule has 1 N–H and O–H groups in total. The lowest BCUT2D eigenvalue weighted by Crippen LogP contribution is -2.45. The van der Waals surface area contributed by atoms with E-state index in [0.717, 1.165) is 49.4 Å². The van der Waals surface area contributed by atoms with Gasteiger partial charge in [0.2, 0.25) is 11.9 Å². The quantitative estimate of drug-likeness (QED) is 0.478. The number of benzene rings is 2. The molecule has 7 nitrogen and oxygen atoms in total. The van der Waals surface area contributed by atoms with Gasteiger partial charge in [-0.05, 0) is 30.7 Å². The molecule has 2 heterocycles. The summed E-state index contributed by atoms with van der Waals surface area (Å²) in [6.07, 6.45) is 1.70. The van der Waals surface area contributed by atoms with Crippen molar-refractivity contribution >= 4 is 5.91 Å². The van der Waals surface area contributed by atoms with Crippen molar-refractivity contribution < 1.29 is 13.9 Å². The van der Waals surface area contributed by atoms with Gasteiger partial charge in [0.25, 0.3) is 0 Å². The molecule has 2 aromatic carbocycles. The maximum atomic E-state index is 14.7. The number of rotatable bonds is 9. The number of aryl methyl sites for hydroxylation is 1. The highest BCUT2D eigenvalue weighted by Gasteiger charge is 2.14. The van der Waals surface area contributed by atoms with E-state index in [0.29, 0.717) is 24.3 Å². The number of hydrogen-bond acceptors (Lipinski definition) is 6. The minimum Gasteiger partial charge on any atom is -0.462 e. The second kappa shape index (κ2) is 11.9. The van der Waals surface area contributed by atoms with Crippen molar-refractivity contribution in [3.8, 4) is 17.1 Å². The zero-order valence-corrected chi connectivity index (χ0v) is 20.3. The van der Waals surface area contributed by atoms with Crippen LogP contribution in [-0.4, -0.2) is 72.1 Å². The van der Waals surface area contributed by atoms with Crippen molar-refractivity contribution in [1.82, 2.24) is 25.1 Å². The van der Waals surface area contributed by atoms with E-state index in [9.17, 15) is 9.18 Å². The number of piperazine rings is 1. The van der Waals surface area contributed by atoms with Crippen molar-refractivity contribution in [2.75, 3.05) is 46.4 Å². The van der Waals surface area contributed by atoms with Crippen LogP contribution in [0, 0.1) is 12.9 Å². The summed E-state index contributed by atoms with van der Waals surface area (Å²) < 4.78 is 20.2. The number of amides is 1. The van der Waals surface area contributed by atoms with Crippen molar-refractivity contribution in [1.29, 1.82) is 0 Å². The van der Waals surface area contributed by atoms with Crippen LogP contribution in [0.1, 0.15) is 16.7 Å². The highest BCUT2D eigenvalue weighted by Crippen LogP contribution is 2.23. The third kappa shape index (κ3) is 7.31. The Labute approximate surface area is 206 Å². The Bertz CT molecular complexity index is 1130. The van der Waals surface area contributed by atoms with E-state index in [-0.39, 0.29) is 18.3 Å². The number of likely N-dealkylation sites (N-methyl/N-ethyl adjacent to an activating group) is 1. The molecule has 0 unspecified atom stereocenters. The Morgan fingerprint density at radius 1 is 1.09 bits per heavy atom. The fourth-order valence-electron chi connectivity index (χ4n) is 4.02. The first-order valence-corrected chi connectivity index (χ1v) is 11.9. The number of carbonyl (C=O) groups is 1. The van der Waals surface area contributed by atoms with E-state index in [4.69, 9.17) is 4.74 Å². The molecule has 184 valence electrons. The largest absolute Gasteiger partial charge is 0.462 e. The van der Waals surface area contributed by atoms with E-state index < -0.39 is 5.95 Å². The molecule has 1 aromatic heterocycles. The Kier molecular flexibility index (Phi) is 8.39. The Morgan fingerprint density at radius 3 is 2.57 bits per heavy atom. The SMILES string of the molecule is Cc1cccc(CNC(=O)Cc2ccc(-c3cnc(OCCN4CCN(C)CC4)nc3F)cc2)c1. The Hall–Kier alpha value is -3.36. The third-order valence-corrected chi connectivity index (χ3v) is 6.16. The van der Waals surface area contributed by atoms with Crippen molar-refractivity contribution in [3.05, 3.63) is 77.4 Å². The second-order valence-electron chi connectivity index (χ2n) is 8.99. The molecule has 1 saturated heterocycles. The smallest absolute Gasteiger partial charge is 0.319 e. The minimum absolute atomic E-state index is 0.0438. The van der Waals surface area contributed by atoms with E-state index in [1.807, 2.05) is 37.3 Å². The summed E-state index contributed by atoms with van der Waals surface area (Å²) in [4.78, 5) is 25.0. The predicted molar refractivity (Wildman–Crippen MR) is 134 cm³/mol. The number of hydrogen-bond donors (Lipinski definition) is 1. The number of carbonyl (C=O) groups excluding carboxylic acids is 1. The fourth-order valence-corrected chi connectivity index (χ4v) is 4.02. The lowest BCUT2D eigenvalue weighted by molar-refractivity contribution is -0.120. The van der Waals surface area contributed by atoms with Gasteiger partial charge in [-0.2, -0.15) is 9.37 Å². The lowest BCUT2D eigenvalue weighted by Gasteiger charge is -2.31. The lowest BCUT2D eigenvalue weighted by atomic mass is 10.0. The van der Waals surface area contributed by atoms with Crippen LogP contribution in [0.15, 0.2) is 54.7 Å². The first-order chi connectivity index (χ1) is 17.0. The van der Waals surface area contributed by atoms with Gasteiger partial charge in [-0.3, -0.25) is 9.69 Å². The summed E-state index contributed by atoms with van der Waals surface area (Å²) in [6.45, 7) is 7.77. The van der Waals surface area contributed by atoms with Gasteiger partial charge in [0.15, 0.2) is 0 Å². The van der Waals surface area contributed by atoms with E-state index >= 15 is 0 Å². The molecule has 35 heavy (non-hydrogen) atoms. The number of ether oxygens (including phenoxy) is 1. The third-order valence-electron chi connectivity index (χ3n) is 6.16. The van der Waals surface area contributed by atoms with Gasteiger partial charge >= 0.3 is 6.01 Å². The normalized spacial score (nSPS) is 14.6. The minimum atomic E-state index is -0.627. The van der Waals surface area contributed by atoms with Gasteiger partial charge in [0.05, 0.1) is 12.0 Å². The standard InChI is InChI=1S/C27H32FN5O2/c1-20-4-3-5-22(16-20)18-29-25(34)17-21-6-8-23(9-7-21)24-19-30-27(31-26(24)28)35-15-14-33-12-10-32(2)11-13-33/h3-9,16,19H,10-15,17-18H2,1-2H3,(H,29,34). The average molecular weight is 478 g/mol. The fraction of sp³-hybridized carbons (Fsp3) is 0.370. The highest BCUT2D eigenvalue weighted by molar-refractivity contribution is 5.78. The topological polar surface area (TPSA) is 70.6 Å². The van der Waals surface area contributed by atoms with E-state index in [1.165, 1.54) is 6.20 Å². The Balaban J connectivity index is 1.26. The van der Waals surface area contributed by atoms with Crippen LogP contribution < -0.4 is 10.1 Å². The predicted octanol–water partition coefficient (Wildman–Crippen LogP) is 3.08. The summed E-state index contributed by atoms with van der Waals surface area (Å²) in [6, 6.07) is 15.3.